The Kier molecular flexibility index (Phi) is 14.8. The number of carbonyl (C=O) groups excluding carboxylic acids is 4. The molecule has 4 amide bonds. The van der Waals surface area contributed by atoms with Crippen LogP contribution < -0.4 is 25.6 Å². The summed E-state index contributed by atoms with van der Waals surface area (Å²) in [5.74, 6) is 0.312. The molecule has 9 rings (SSSR count). The molecule has 3 N–H and O–H groups in total. The maximum absolute atomic E-state index is 16.1. The van der Waals surface area contributed by atoms with Gasteiger partial charge in [-0.05, 0) is 116 Å². The van der Waals surface area contributed by atoms with Crippen molar-refractivity contribution in [3.8, 4) is 5.75 Å². The lowest BCUT2D eigenvalue weighted by Gasteiger charge is -2.47. The lowest BCUT2D eigenvalue weighted by Crippen LogP contribution is -2.54. The average molecular weight is 955 g/mol. The molecule has 69 heavy (non-hydrogen) atoms. The quantitative estimate of drug-likeness (QED) is 0.0558. The summed E-state index contributed by atoms with van der Waals surface area (Å²) in [4.78, 5) is 64.2. The van der Waals surface area contributed by atoms with E-state index in [0.717, 1.165) is 79.7 Å². The zero-order valence-electron chi connectivity index (χ0n) is 38.3. The van der Waals surface area contributed by atoms with Gasteiger partial charge in [0.25, 0.3) is 11.8 Å². The number of benzene rings is 2. The Morgan fingerprint density at radius 2 is 1.62 bits per heavy atom. The van der Waals surface area contributed by atoms with Crippen molar-refractivity contribution >= 4 is 77.4 Å². The number of fused-ring (bicyclic) bond motifs is 4. The van der Waals surface area contributed by atoms with Crippen molar-refractivity contribution in [1.82, 2.24) is 34.7 Å². The Balaban J connectivity index is 0.605. The molecule has 14 nitrogen and oxygen atoms in total. The molecule has 358 valence electrons. The number of rotatable bonds is 19. The molecule has 0 saturated carbocycles. The molecule has 7 heterocycles. The summed E-state index contributed by atoms with van der Waals surface area (Å²) >= 11 is 1.47. The van der Waals surface area contributed by atoms with Gasteiger partial charge >= 0.3 is 6.97 Å². The van der Waals surface area contributed by atoms with Crippen molar-refractivity contribution in [1.29, 1.82) is 0 Å². The van der Waals surface area contributed by atoms with E-state index in [1.807, 2.05) is 41.8 Å². The SMILES string of the molecule is O=C(CCCCCNC(=O)COc1ccc(/C=C/c2ccc3n2[B-](F)(F)N2C(=C3)C=CC2c2cccs2)cc1)NCCCCN1CCN(CC(=O)N2c3ccccc3C(=O)Nc3cccnc32)CC1. The Labute approximate surface area is 404 Å². The number of aromatic nitrogens is 2. The predicted octanol–water partition coefficient (Wildman–Crippen LogP) is 7.81. The molecule has 4 aliphatic rings. The molecule has 1 fully saturated rings. The number of allylic oxidation sites excluding steroid dienone is 1. The van der Waals surface area contributed by atoms with Crippen molar-refractivity contribution in [2.24, 2.45) is 0 Å². The molecule has 1 saturated heterocycles. The van der Waals surface area contributed by atoms with E-state index in [4.69, 9.17) is 4.74 Å². The van der Waals surface area contributed by atoms with Gasteiger partial charge in [-0.15, -0.1) is 11.3 Å². The number of nitrogens with one attached hydrogen (secondary N) is 3. The van der Waals surface area contributed by atoms with E-state index in [-0.39, 0.29) is 36.8 Å². The predicted molar refractivity (Wildman–Crippen MR) is 267 cm³/mol. The molecule has 0 aliphatic carbocycles. The van der Waals surface area contributed by atoms with Crippen LogP contribution in [0.25, 0.3) is 18.2 Å². The summed E-state index contributed by atoms with van der Waals surface area (Å²) in [6, 6.07) is 24.4. The maximum Gasteiger partial charge on any atom is 0.530 e. The Morgan fingerprint density at radius 3 is 2.43 bits per heavy atom. The fourth-order valence-corrected chi connectivity index (χ4v) is 10.1. The van der Waals surface area contributed by atoms with Crippen LogP contribution >= 0.6 is 11.3 Å². The minimum absolute atomic E-state index is 0.0299. The number of piperazine rings is 1. The van der Waals surface area contributed by atoms with Gasteiger partial charge in [-0.3, -0.25) is 29.0 Å². The lowest BCUT2D eigenvalue weighted by molar-refractivity contribution is -0.123. The monoisotopic (exact) mass is 954 g/mol. The third-order valence-corrected chi connectivity index (χ3v) is 13.8. The molecule has 1 atom stereocenters. The summed E-state index contributed by atoms with van der Waals surface area (Å²) < 4.78 is 39.1. The minimum Gasteiger partial charge on any atom is -0.484 e. The van der Waals surface area contributed by atoms with Crippen molar-refractivity contribution < 1.29 is 32.5 Å². The number of amides is 4. The van der Waals surface area contributed by atoms with Crippen LogP contribution in [0.4, 0.5) is 25.8 Å². The van der Waals surface area contributed by atoms with E-state index in [1.54, 1.807) is 90.0 Å². The van der Waals surface area contributed by atoms with Crippen LogP contribution in [0.1, 0.15) is 76.8 Å². The molecule has 1 unspecified atom stereocenters. The number of ether oxygens (including phenoxy) is 1. The topological polar surface area (TPSA) is 144 Å². The molecule has 0 spiro atoms. The number of para-hydroxylation sites is 1. The van der Waals surface area contributed by atoms with Crippen LogP contribution in [-0.2, 0) is 14.4 Å². The van der Waals surface area contributed by atoms with Gasteiger partial charge in [-0.1, -0.05) is 48.9 Å². The lowest BCUT2D eigenvalue weighted by atomic mass is 9.87. The number of hydrogen-bond acceptors (Lipinski definition) is 10. The van der Waals surface area contributed by atoms with E-state index in [2.05, 4.69) is 30.7 Å². The van der Waals surface area contributed by atoms with Crippen molar-refractivity contribution in [3.63, 3.8) is 0 Å². The first-order valence-corrected chi connectivity index (χ1v) is 24.5. The number of pyridine rings is 1. The zero-order chi connectivity index (χ0) is 47.7. The van der Waals surface area contributed by atoms with Crippen LogP contribution in [-0.4, -0.2) is 114 Å². The van der Waals surface area contributed by atoms with E-state index in [1.165, 1.54) is 16.1 Å². The highest BCUT2D eigenvalue weighted by Crippen LogP contribution is 2.45. The number of thiophene rings is 1. The van der Waals surface area contributed by atoms with Crippen molar-refractivity contribution in [2.45, 2.75) is 44.6 Å². The number of nitrogens with zero attached hydrogens (tertiary/aromatic N) is 6. The second-order valence-electron chi connectivity index (χ2n) is 17.5. The van der Waals surface area contributed by atoms with E-state index < -0.39 is 13.0 Å². The summed E-state index contributed by atoms with van der Waals surface area (Å²) in [6.45, 7) is 1.19. The number of anilines is 3. The van der Waals surface area contributed by atoms with Gasteiger partial charge in [-0.25, -0.2) is 4.98 Å². The van der Waals surface area contributed by atoms with Crippen molar-refractivity contribution in [3.05, 3.63) is 142 Å². The summed E-state index contributed by atoms with van der Waals surface area (Å²) in [5, 5.41) is 10.7. The fourth-order valence-electron chi connectivity index (χ4n) is 9.26. The molecule has 0 radical (unpaired) electrons. The number of halogens is 2. The molecule has 18 heteroatoms. The number of unbranched alkanes of at least 4 members (excludes halogenated alkanes) is 3. The van der Waals surface area contributed by atoms with E-state index >= 15 is 8.63 Å². The number of carbonyl (C=O) groups is 4. The molecule has 5 aromatic rings. The normalized spacial score (nSPS) is 17.3. The largest absolute Gasteiger partial charge is 0.530 e. The first-order chi connectivity index (χ1) is 33.6. The van der Waals surface area contributed by atoms with Gasteiger partial charge in [0.05, 0.1) is 29.5 Å². The van der Waals surface area contributed by atoms with Gasteiger partial charge in [-0.2, -0.15) is 0 Å². The first kappa shape index (κ1) is 47.2. The standard InChI is InChI=1S/C51H55BF2N9O5S/c53-52(54)62-38(19-20-39(62)34-40-21-24-45(63(40)52)46-13-9-33-69-46)18-15-37-16-22-41(23-17-37)68-36-48(65)56-25-5-1-2-14-47(64)55-26-6-7-28-59-29-31-60(32-30-59)35-49(66)61-44-12-4-3-10-42(44)51(67)58-43-11-8-27-57-50(43)61/h3-4,8-13,15-24,27,33-34,45H,1-2,5-7,14,25-26,28-32,35-36H2,(H,55,64)(H,56,65)(H,58,67)/q-1/b18-15+. The van der Waals surface area contributed by atoms with Crippen LogP contribution in [0.5, 0.6) is 5.75 Å². The molecule has 4 aliphatic heterocycles. The number of hydrogen-bond donors (Lipinski definition) is 3. The highest BCUT2D eigenvalue weighted by molar-refractivity contribution is 7.10. The van der Waals surface area contributed by atoms with Gasteiger partial charge in [0.2, 0.25) is 11.8 Å². The summed E-state index contributed by atoms with van der Waals surface area (Å²) in [7, 11) is 0. The highest BCUT2D eigenvalue weighted by atomic mass is 32.1. The fraction of sp³-hybridized carbons (Fsp3) is 0.314. The summed E-state index contributed by atoms with van der Waals surface area (Å²) in [5.41, 5.74) is 3.63. The van der Waals surface area contributed by atoms with Gasteiger partial charge in [0.1, 0.15) is 5.75 Å². The molecular weight excluding hydrogens is 899 g/mol. The van der Waals surface area contributed by atoms with Gasteiger partial charge in [0, 0.05) is 73.8 Å². The molecule has 2 aromatic carbocycles. The molecule has 3 aromatic heterocycles. The third kappa shape index (κ3) is 11.0. The Hall–Kier alpha value is -6.89. The van der Waals surface area contributed by atoms with Gasteiger partial charge < -0.3 is 43.5 Å². The highest BCUT2D eigenvalue weighted by Gasteiger charge is 2.45. The van der Waals surface area contributed by atoms with Crippen LogP contribution in [0.2, 0.25) is 0 Å². The Morgan fingerprint density at radius 1 is 0.841 bits per heavy atom. The second-order valence-corrected chi connectivity index (χ2v) is 18.5. The van der Waals surface area contributed by atoms with Gasteiger partial charge in [0.15, 0.2) is 12.4 Å². The Bertz CT molecular complexity index is 2740. The van der Waals surface area contributed by atoms with Crippen LogP contribution in [0, 0.1) is 0 Å². The molecule has 0 bridgehead atoms. The van der Waals surface area contributed by atoms with Crippen LogP contribution in [0.3, 0.4) is 0 Å². The zero-order valence-corrected chi connectivity index (χ0v) is 39.1. The summed E-state index contributed by atoms with van der Waals surface area (Å²) in [6.07, 6.45) is 15.1. The average Bonchev–Trinajstić information content (AvgIpc) is 4.13. The van der Waals surface area contributed by atoms with E-state index in [9.17, 15) is 19.2 Å². The smallest absolute Gasteiger partial charge is 0.484 e. The maximum atomic E-state index is 16.1. The molecular formula is C51H55BF2N9O5S-. The minimum atomic E-state index is -4.09. The van der Waals surface area contributed by atoms with E-state index in [0.29, 0.717) is 65.1 Å². The third-order valence-electron chi connectivity index (χ3n) is 12.8. The second kappa shape index (κ2) is 21.6. The van der Waals surface area contributed by atoms with Crippen LogP contribution in [0.15, 0.2) is 114 Å². The first-order valence-electron chi connectivity index (χ1n) is 23.7. The van der Waals surface area contributed by atoms with Crippen molar-refractivity contribution in [2.75, 3.05) is 69.2 Å².